The zero-order valence-electron chi connectivity index (χ0n) is 9.54. The van der Waals surface area contributed by atoms with E-state index in [2.05, 4.69) is 19.2 Å². The summed E-state index contributed by atoms with van der Waals surface area (Å²) in [6.07, 6.45) is 0.381. The second-order valence-electron chi connectivity index (χ2n) is 4.29. The van der Waals surface area contributed by atoms with Gasteiger partial charge in [0.15, 0.2) is 0 Å². The molecule has 1 amide bonds. The summed E-state index contributed by atoms with van der Waals surface area (Å²) in [5.74, 6) is 1.04. The van der Waals surface area contributed by atoms with Gasteiger partial charge < -0.3 is 15.8 Å². The molecule has 4 heteroatoms. The van der Waals surface area contributed by atoms with Crippen LogP contribution in [0.4, 0.5) is 11.4 Å². The first-order chi connectivity index (χ1) is 7.58. The van der Waals surface area contributed by atoms with Crippen LogP contribution in [0.5, 0.6) is 5.75 Å². The van der Waals surface area contributed by atoms with E-state index in [0.29, 0.717) is 30.3 Å². The van der Waals surface area contributed by atoms with Gasteiger partial charge in [0, 0.05) is 11.3 Å². The molecule has 0 spiro atoms. The first-order valence-corrected chi connectivity index (χ1v) is 5.44. The standard InChI is InChI=1S/C12H16N2O2/c1-7(2)9-5-8(13)6-10-12(9)16-4-3-11(15)14-10/h5-7H,3-4,13H2,1-2H3,(H,14,15). The molecule has 0 saturated heterocycles. The summed E-state index contributed by atoms with van der Waals surface area (Å²) in [5.41, 5.74) is 8.18. The van der Waals surface area contributed by atoms with Crippen LogP contribution >= 0.6 is 0 Å². The van der Waals surface area contributed by atoms with Gasteiger partial charge in [-0.3, -0.25) is 4.79 Å². The highest BCUT2D eigenvalue weighted by molar-refractivity contribution is 5.94. The predicted octanol–water partition coefficient (Wildman–Crippen LogP) is 2.11. The van der Waals surface area contributed by atoms with Crippen LogP contribution in [0.3, 0.4) is 0 Å². The molecule has 2 rings (SSSR count). The minimum absolute atomic E-state index is 0.0287. The third kappa shape index (κ3) is 1.96. The number of nitrogens with two attached hydrogens (primary N) is 1. The Hall–Kier alpha value is -1.71. The minimum atomic E-state index is -0.0287. The van der Waals surface area contributed by atoms with Crippen molar-refractivity contribution in [1.82, 2.24) is 0 Å². The van der Waals surface area contributed by atoms with E-state index in [1.54, 1.807) is 6.07 Å². The number of anilines is 2. The molecule has 0 aromatic heterocycles. The third-order valence-corrected chi connectivity index (χ3v) is 2.61. The van der Waals surface area contributed by atoms with E-state index < -0.39 is 0 Å². The summed E-state index contributed by atoms with van der Waals surface area (Å²) >= 11 is 0. The third-order valence-electron chi connectivity index (χ3n) is 2.61. The van der Waals surface area contributed by atoms with Crippen LogP contribution in [0.2, 0.25) is 0 Å². The maximum Gasteiger partial charge on any atom is 0.227 e. The molecule has 1 heterocycles. The molecule has 1 aromatic rings. The molecule has 86 valence electrons. The highest BCUT2D eigenvalue weighted by atomic mass is 16.5. The molecule has 1 aliphatic heterocycles. The summed E-state index contributed by atoms with van der Waals surface area (Å²) in [6.45, 7) is 4.57. The van der Waals surface area contributed by atoms with Crippen molar-refractivity contribution in [2.24, 2.45) is 0 Å². The monoisotopic (exact) mass is 220 g/mol. The van der Waals surface area contributed by atoms with Gasteiger partial charge in [-0.05, 0) is 18.1 Å². The summed E-state index contributed by atoms with van der Waals surface area (Å²) in [6, 6.07) is 3.64. The van der Waals surface area contributed by atoms with Crippen LogP contribution in [-0.2, 0) is 4.79 Å². The van der Waals surface area contributed by atoms with Gasteiger partial charge in [0.05, 0.1) is 18.7 Å². The Morgan fingerprint density at radius 3 is 2.88 bits per heavy atom. The zero-order valence-corrected chi connectivity index (χ0v) is 9.54. The summed E-state index contributed by atoms with van der Waals surface area (Å²) in [4.78, 5) is 11.4. The summed E-state index contributed by atoms with van der Waals surface area (Å²) in [7, 11) is 0. The van der Waals surface area contributed by atoms with Gasteiger partial charge in [-0.2, -0.15) is 0 Å². The van der Waals surface area contributed by atoms with Gasteiger partial charge in [-0.1, -0.05) is 13.8 Å². The number of carbonyl (C=O) groups excluding carboxylic acids is 1. The van der Waals surface area contributed by atoms with Crippen molar-refractivity contribution in [3.63, 3.8) is 0 Å². The highest BCUT2D eigenvalue weighted by Crippen LogP contribution is 2.37. The van der Waals surface area contributed by atoms with E-state index in [1.165, 1.54) is 0 Å². The molecule has 16 heavy (non-hydrogen) atoms. The molecule has 3 N–H and O–H groups in total. The Morgan fingerprint density at radius 1 is 1.44 bits per heavy atom. The van der Waals surface area contributed by atoms with E-state index >= 15 is 0 Å². The van der Waals surface area contributed by atoms with Crippen molar-refractivity contribution in [1.29, 1.82) is 0 Å². The number of nitrogen functional groups attached to an aromatic ring is 1. The van der Waals surface area contributed by atoms with Crippen LogP contribution in [0.1, 0.15) is 31.7 Å². The Balaban J connectivity index is 2.53. The van der Waals surface area contributed by atoms with E-state index in [9.17, 15) is 4.79 Å². The molecule has 0 saturated carbocycles. The highest BCUT2D eigenvalue weighted by Gasteiger charge is 2.19. The second kappa shape index (κ2) is 4.04. The molecule has 0 unspecified atom stereocenters. The van der Waals surface area contributed by atoms with E-state index in [-0.39, 0.29) is 5.91 Å². The number of ether oxygens (including phenoxy) is 1. The molecule has 1 aromatic carbocycles. The molecule has 0 bridgehead atoms. The van der Waals surface area contributed by atoms with Gasteiger partial charge in [0.2, 0.25) is 5.91 Å². The summed E-state index contributed by atoms with van der Waals surface area (Å²) < 4.78 is 5.63. The molecule has 0 aliphatic carbocycles. The van der Waals surface area contributed by atoms with Gasteiger partial charge in [0.1, 0.15) is 5.75 Å². The molecule has 0 fully saturated rings. The van der Waals surface area contributed by atoms with Crippen LogP contribution < -0.4 is 15.8 Å². The van der Waals surface area contributed by atoms with Gasteiger partial charge in [-0.15, -0.1) is 0 Å². The lowest BCUT2D eigenvalue weighted by Crippen LogP contribution is -2.10. The quantitative estimate of drug-likeness (QED) is 0.712. The number of fused-ring (bicyclic) bond motifs is 1. The average Bonchev–Trinajstić information content (AvgIpc) is 2.37. The topological polar surface area (TPSA) is 64.3 Å². The fraction of sp³-hybridized carbons (Fsp3) is 0.417. The van der Waals surface area contributed by atoms with Crippen molar-refractivity contribution in [3.05, 3.63) is 17.7 Å². The Bertz CT molecular complexity index is 427. The number of nitrogens with one attached hydrogen (secondary N) is 1. The first-order valence-electron chi connectivity index (χ1n) is 5.44. The van der Waals surface area contributed by atoms with Crippen LogP contribution in [-0.4, -0.2) is 12.5 Å². The van der Waals surface area contributed by atoms with Crippen molar-refractivity contribution in [2.45, 2.75) is 26.2 Å². The van der Waals surface area contributed by atoms with Gasteiger partial charge in [-0.25, -0.2) is 0 Å². The van der Waals surface area contributed by atoms with E-state index in [0.717, 1.165) is 11.3 Å². The van der Waals surface area contributed by atoms with E-state index in [4.69, 9.17) is 10.5 Å². The normalized spacial score (nSPS) is 15.1. The Morgan fingerprint density at radius 2 is 2.19 bits per heavy atom. The smallest absolute Gasteiger partial charge is 0.227 e. The van der Waals surface area contributed by atoms with Crippen LogP contribution in [0.15, 0.2) is 12.1 Å². The molecular formula is C12H16N2O2. The number of hydrogen-bond donors (Lipinski definition) is 2. The average molecular weight is 220 g/mol. The molecule has 4 nitrogen and oxygen atoms in total. The van der Waals surface area contributed by atoms with Crippen molar-refractivity contribution < 1.29 is 9.53 Å². The maximum absolute atomic E-state index is 11.4. The second-order valence-corrected chi connectivity index (χ2v) is 4.29. The lowest BCUT2D eigenvalue weighted by molar-refractivity contribution is -0.116. The van der Waals surface area contributed by atoms with Crippen molar-refractivity contribution in [3.8, 4) is 5.75 Å². The number of benzene rings is 1. The van der Waals surface area contributed by atoms with Gasteiger partial charge in [0.25, 0.3) is 0 Å². The Labute approximate surface area is 94.8 Å². The fourth-order valence-corrected chi connectivity index (χ4v) is 1.82. The number of carbonyl (C=O) groups is 1. The number of hydrogen-bond acceptors (Lipinski definition) is 3. The first kappa shape index (κ1) is 10.8. The SMILES string of the molecule is CC(C)c1cc(N)cc2c1OCCC(=O)N2. The largest absolute Gasteiger partial charge is 0.491 e. The zero-order chi connectivity index (χ0) is 11.7. The molecule has 0 radical (unpaired) electrons. The molecular weight excluding hydrogens is 204 g/mol. The lowest BCUT2D eigenvalue weighted by Gasteiger charge is -2.16. The lowest BCUT2D eigenvalue weighted by atomic mass is 10.0. The number of rotatable bonds is 1. The summed E-state index contributed by atoms with van der Waals surface area (Å²) in [5, 5.41) is 2.81. The van der Waals surface area contributed by atoms with Crippen molar-refractivity contribution in [2.75, 3.05) is 17.7 Å². The predicted molar refractivity (Wildman–Crippen MR) is 63.7 cm³/mol. The fourth-order valence-electron chi connectivity index (χ4n) is 1.82. The maximum atomic E-state index is 11.4. The molecule has 0 atom stereocenters. The number of amides is 1. The molecule has 1 aliphatic rings. The minimum Gasteiger partial charge on any atom is -0.491 e. The van der Waals surface area contributed by atoms with Crippen LogP contribution in [0, 0.1) is 0 Å². The van der Waals surface area contributed by atoms with Gasteiger partial charge >= 0.3 is 0 Å². The van der Waals surface area contributed by atoms with E-state index in [1.807, 2.05) is 6.07 Å². The van der Waals surface area contributed by atoms with Crippen molar-refractivity contribution >= 4 is 17.3 Å². The van der Waals surface area contributed by atoms with Crippen LogP contribution in [0.25, 0.3) is 0 Å². The Kier molecular flexibility index (Phi) is 2.73.